The number of anilines is 1. The number of aliphatic hydroxyl groups is 2. The molecule has 0 aliphatic carbocycles. The van der Waals surface area contributed by atoms with Crippen LogP contribution in [0.1, 0.15) is 29.3 Å². The molecule has 0 radical (unpaired) electrons. The Morgan fingerprint density at radius 3 is 2.56 bits per heavy atom. The number of rotatable bonds is 7. The number of thioether (sulfide) groups is 1. The summed E-state index contributed by atoms with van der Waals surface area (Å²) in [5.74, 6) is 0.858. The van der Waals surface area contributed by atoms with Gasteiger partial charge in [0.1, 0.15) is 22.8 Å². The number of hydrogen-bond acceptors (Lipinski definition) is 8. The van der Waals surface area contributed by atoms with Gasteiger partial charge in [-0.2, -0.15) is 9.97 Å². The molecule has 4 heterocycles. The number of benzene rings is 2. The van der Waals surface area contributed by atoms with Crippen LogP contribution in [-0.2, 0) is 17.8 Å². The third-order valence-electron chi connectivity index (χ3n) is 7.79. The molecule has 4 aromatic rings. The van der Waals surface area contributed by atoms with E-state index in [1.807, 2.05) is 29.2 Å². The molecule has 2 saturated heterocycles. The molecule has 41 heavy (non-hydrogen) atoms. The molecule has 0 spiro atoms. The molecule has 2 aromatic heterocycles. The first-order chi connectivity index (χ1) is 19.9. The molecule has 0 unspecified atom stereocenters. The molecule has 12 heteroatoms. The van der Waals surface area contributed by atoms with Crippen LogP contribution in [0.5, 0.6) is 0 Å². The maximum Gasteiger partial charge on any atom is 0.238 e. The van der Waals surface area contributed by atoms with Gasteiger partial charge in [-0.15, -0.1) is 11.8 Å². The van der Waals surface area contributed by atoms with Crippen molar-refractivity contribution >= 4 is 68.8 Å². The predicted molar refractivity (Wildman–Crippen MR) is 169 cm³/mol. The normalized spacial score (nSPS) is 23.3. The van der Waals surface area contributed by atoms with Crippen molar-refractivity contribution in [3.63, 3.8) is 0 Å². The van der Waals surface area contributed by atoms with Crippen LogP contribution < -0.4 is 5.32 Å². The number of piperidine rings is 1. The highest BCUT2D eigenvalue weighted by molar-refractivity contribution is 14.1. The molecule has 2 fully saturated rings. The summed E-state index contributed by atoms with van der Waals surface area (Å²) in [4.78, 5) is 28.6. The van der Waals surface area contributed by atoms with Crippen molar-refractivity contribution in [1.29, 1.82) is 0 Å². The first-order valence-corrected chi connectivity index (χ1v) is 16.0. The molecule has 4 atom stereocenters. The van der Waals surface area contributed by atoms with Gasteiger partial charge in [0.25, 0.3) is 0 Å². The lowest BCUT2D eigenvalue weighted by Gasteiger charge is -2.34. The summed E-state index contributed by atoms with van der Waals surface area (Å²) >= 11 is 9.79. The first kappa shape index (κ1) is 28.7. The molecule has 9 nitrogen and oxygen atoms in total. The number of nitrogens with one attached hydrogen (secondary N) is 1. The number of fused-ring (bicyclic) bond motifs is 1. The van der Waals surface area contributed by atoms with Crippen molar-refractivity contribution in [3.05, 3.63) is 80.9 Å². The van der Waals surface area contributed by atoms with Crippen LogP contribution in [0.2, 0.25) is 5.28 Å². The number of imidazole rings is 1. The Morgan fingerprint density at radius 2 is 1.80 bits per heavy atom. The van der Waals surface area contributed by atoms with Gasteiger partial charge in [-0.05, 0) is 82.6 Å². The summed E-state index contributed by atoms with van der Waals surface area (Å²) in [5, 5.41) is 23.9. The van der Waals surface area contributed by atoms with Gasteiger partial charge in [0, 0.05) is 23.2 Å². The highest BCUT2D eigenvalue weighted by Gasteiger charge is 2.48. The maximum absolute atomic E-state index is 13.5. The van der Waals surface area contributed by atoms with Crippen molar-refractivity contribution in [1.82, 2.24) is 24.4 Å². The Morgan fingerprint density at radius 1 is 1.05 bits per heavy atom. The van der Waals surface area contributed by atoms with E-state index in [-0.39, 0.29) is 11.2 Å². The van der Waals surface area contributed by atoms with Gasteiger partial charge in [0.05, 0.1) is 6.33 Å². The first-order valence-electron chi connectivity index (χ1n) is 13.6. The number of halogens is 2. The van der Waals surface area contributed by atoms with E-state index in [9.17, 15) is 15.0 Å². The zero-order valence-electron chi connectivity index (χ0n) is 22.1. The summed E-state index contributed by atoms with van der Waals surface area (Å²) in [7, 11) is 0. The van der Waals surface area contributed by atoms with Crippen molar-refractivity contribution in [2.45, 2.75) is 48.6 Å². The van der Waals surface area contributed by atoms with Gasteiger partial charge >= 0.3 is 0 Å². The molecule has 3 N–H and O–H groups in total. The van der Waals surface area contributed by atoms with Crippen molar-refractivity contribution in [2.75, 3.05) is 18.4 Å². The van der Waals surface area contributed by atoms with Gasteiger partial charge < -0.3 is 20.4 Å². The lowest BCUT2D eigenvalue weighted by Crippen LogP contribution is -2.47. The Kier molecular flexibility index (Phi) is 8.68. The average Bonchev–Trinajstić information content (AvgIpc) is 3.52. The smallest absolute Gasteiger partial charge is 0.238 e. The van der Waals surface area contributed by atoms with Crippen LogP contribution in [0.4, 0.5) is 5.82 Å². The van der Waals surface area contributed by atoms with Crippen molar-refractivity contribution in [3.8, 4) is 0 Å². The Hall–Kier alpha value is -2.45. The second-order valence-electron chi connectivity index (χ2n) is 10.5. The summed E-state index contributed by atoms with van der Waals surface area (Å²) < 4.78 is 2.81. The second-order valence-corrected chi connectivity index (χ2v) is 13.4. The Labute approximate surface area is 260 Å². The maximum atomic E-state index is 13.5. The van der Waals surface area contributed by atoms with Gasteiger partial charge in [0.15, 0.2) is 17.0 Å². The number of nitrogens with zero attached hydrogens (tertiary/aromatic N) is 5. The van der Waals surface area contributed by atoms with E-state index in [1.54, 1.807) is 10.9 Å². The van der Waals surface area contributed by atoms with Crippen molar-refractivity contribution in [2.24, 2.45) is 5.92 Å². The minimum absolute atomic E-state index is 0.0356. The lowest BCUT2D eigenvalue weighted by molar-refractivity contribution is -0.135. The van der Waals surface area contributed by atoms with Gasteiger partial charge in [-0.25, -0.2) is 4.98 Å². The standard InChI is InChI=1S/C29H30ClIN6O3S/c30-29-34-25(32-15-19-7-4-8-20(31)14-19)21-26(35-29)37(16-33-21)28-23(39)22(38)24(41-28)27(40)36-11-9-18(10-12-36)13-17-5-2-1-3-6-17/h1-8,14,16,18,22-24,28,38-39H,9-13,15H2,(H,32,34,35)/t22-,23+,24-,28+/m0/s1. The molecular formula is C29H30ClIN6O3S. The monoisotopic (exact) mass is 704 g/mol. The molecule has 6 rings (SSSR count). The molecule has 2 aliphatic rings. The molecular weight excluding hydrogens is 675 g/mol. The van der Waals surface area contributed by atoms with Crippen LogP contribution in [0.3, 0.4) is 0 Å². The number of amides is 1. The second kappa shape index (κ2) is 12.4. The van der Waals surface area contributed by atoms with Crippen LogP contribution >= 0.6 is 46.0 Å². The van der Waals surface area contributed by atoms with E-state index < -0.39 is 22.8 Å². The third-order valence-corrected chi connectivity index (χ3v) is 10.2. The number of aromatic nitrogens is 4. The van der Waals surface area contributed by atoms with Crippen LogP contribution in [-0.4, -0.2) is 71.1 Å². The fourth-order valence-corrected chi connectivity index (χ4v) is 7.88. The molecule has 1 amide bonds. The quantitative estimate of drug-likeness (QED) is 0.190. The van der Waals surface area contributed by atoms with Crippen LogP contribution in [0, 0.1) is 9.49 Å². The molecule has 0 saturated carbocycles. The summed E-state index contributed by atoms with van der Waals surface area (Å²) in [6.07, 6.45) is 2.00. The predicted octanol–water partition coefficient (Wildman–Crippen LogP) is 4.51. The number of likely N-dealkylation sites (tertiary alicyclic amines) is 1. The molecule has 2 aliphatic heterocycles. The summed E-state index contributed by atoms with van der Waals surface area (Å²) in [6, 6.07) is 18.5. The summed E-state index contributed by atoms with van der Waals surface area (Å²) in [6.45, 7) is 1.81. The van der Waals surface area contributed by atoms with E-state index in [0.717, 1.165) is 28.4 Å². The summed E-state index contributed by atoms with van der Waals surface area (Å²) in [5.41, 5.74) is 3.32. The Bertz CT molecular complexity index is 1530. The van der Waals surface area contributed by atoms with E-state index >= 15 is 0 Å². The number of carbonyl (C=O) groups is 1. The van der Waals surface area contributed by atoms with E-state index in [0.29, 0.717) is 42.5 Å². The zero-order chi connectivity index (χ0) is 28.5. The number of aliphatic hydroxyl groups excluding tert-OH is 2. The van der Waals surface area contributed by atoms with Gasteiger partial charge in [-0.3, -0.25) is 9.36 Å². The molecule has 2 aromatic carbocycles. The van der Waals surface area contributed by atoms with E-state index in [4.69, 9.17) is 11.6 Å². The third kappa shape index (κ3) is 6.19. The van der Waals surface area contributed by atoms with Crippen molar-refractivity contribution < 1.29 is 15.0 Å². The minimum Gasteiger partial charge on any atom is -0.389 e. The number of hydrogen-bond donors (Lipinski definition) is 3. The largest absolute Gasteiger partial charge is 0.389 e. The van der Waals surface area contributed by atoms with E-state index in [2.05, 4.69) is 73.2 Å². The Balaban J connectivity index is 1.14. The molecule has 0 bridgehead atoms. The topological polar surface area (TPSA) is 116 Å². The SMILES string of the molecule is O=C([C@H]1S[C@@H](n2cnc3c(NCc4cccc(I)c4)nc(Cl)nc32)[C@H](O)[C@@H]1O)N1CCC(Cc2ccccc2)CC1. The fraction of sp³-hybridized carbons (Fsp3) is 0.379. The fourth-order valence-electron chi connectivity index (χ4n) is 5.61. The number of carbonyl (C=O) groups excluding carboxylic acids is 1. The zero-order valence-corrected chi connectivity index (χ0v) is 25.8. The van der Waals surface area contributed by atoms with Gasteiger partial charge in [0.2, 0.25) is 11.2 Å². The highest BCUT2D eigenvalue weighted by Crippen LogP contribution is 2.44. The van der Waals surface area contributed by atoms with Gasteiger partial charge in [-0.1, -0.05) is 42.5 Å². The van der Waals surface area contributed by atoms with E-state index in [1.165, 1.54) is 17.3 Å². The lowest BCUT2D eigenvalue weighted by atomic mass is 9.90. The average molecular weight is 705 g/mol. The van der Waals surface area contributed by atoms with Crippen LogP contribution in [0.25, 0.3) is 11.2 Å². The highest BCUT2D eigenvalue weighted by atomic mass is 127. The molecule has 214 valence electrons. The van der Waals surface area contributed by atoms with Crippen LogP contribution in [0.15, 0.2) is 60.9 Å². The minimum atomic E-state index is -1.22.